The lowest BCUT2D eigenvalue weighted by Gasteiger charge is -2.37. The molecule has 1 aliphatic rings. The number of aliphatic hydroxyl groups is 1. The summed E-state index contributed by atoms with van der Waals surface area (Å²) in [6, 6.07) is 14.4. The molecule has 0 saturated carbocycles. The molecule has 1 fully saturated rings. The number of unbranched alkanes of at least 4 members (excludes halogenated alkanes) is 1. The maximum atomic E-state index is 13.9. The van der Waals surface area contributed by atoms with Crippen molar-refractivity contribution >= 4 is 46.6 Å². The fraction of sp³-hybridized carbons (Fsp3) is 0.333. The van der Waals surface area contributed by atoms with E-state index < -0.39 is 11.4 Å². The molecule has 196 valence electrons. The van der Waals surface area contributed by atoms with Gasteiger partial charge in [-0.05, 0) is 80.6 Å². The van der Waals surface area contributed by atoms with Crippen LogP contribution >= 0.6 is 34.8 Å². The Kier molecular flexibility index (Phi) is 8.51. The number of aromatic nitrogens is 1. The van der Waals surface area contributed by atoms with Crippen molar-refractivity contribution in [1.29, 1.82) is 0 Å². The normalized spacial score (nSPS) is 15.1. The second-order valence-corrected chi connectivity index (χ2v) is 10.6. The third kappa shape index (κ3) is 5.81. The zero-order valence-corrected chi connectivity index (χ0v) is 22.5. The van der Waals surface area contributed by atoms with E-state index in [1.165, 1.54) is 0 Å². The summed E-state index contributed by atoms with van der Waals surface area (Å²) in [6.07, 6.45) is 2.40. The Balaban J connectivity index is 1.84. The summed E-state index contributed by atoms with van der Waals surface area (Å²) in [7, 11) is 0. The average molecular weight is 564 g/mol. The number of benzene rings is 2. The first-order chi connectivity index (χ1) is 17.6. The van der Waals surface area contributed by atoms with Gasteiger partial charge in [0.1, 0.15) is 0 Å². The number of carbonyl (C=O) groups is 2. The van der Waals surface area contributed by atoms with Gasteiger partial charge >= 0.3 is 0 Å². The number of rotatable bonds is 8. The first-order valence-corrected chi connectivity index (χ1v) is 13.2. The topological polar surface area (TPSA) is 115 Å². The highest BCUT2D eigenvalue weighted by Gasteiger charge is 2.38. The lowest BCUT2D eigenvalue weighted by Crippen LogP contribution is -2.59. The van der Waals surface area contributed by atoms with Crippen LogP contribution in [-0.4, -0.2) is 51.6 Å². The predicted octanol–water partition coefficient (Wildman–Crippen LogP) is 4.84. The molecule has 10 heteroatoms. The van der Waals surface area contributed by atoms with Crippen LogP contribution in [0.15, 0.2) is 48.5 Å². The van der Waals surface area contributed by atoms with Gasteiger partial charge in [-0.1, -0.05) is 34.8 Å². The zero-order chi connectivity index (χ0) is 26.7. The highest BCUT2D eigenvalue weighted by Crippen LogP contribution is 2.37. The van der Waals surface area contributed by atoms with Crippen molar-refractivity contribution in [2.45, 2.75) is 37.6 Å². The van der Waals surface area contributed by atoms with Gasteiger partial charge in [-0.3, -0.25) is 9.59 Å². The minimum atomic E-state index is -1.11. The smallest absolute Gasteiger partial charge is 0.255 e. The third-order valence-electron chi connectivity index (χ3n) is 6.88. The van der Waals surface area contributed by atoms with Crippen molar-refractivity contribution < 1.29 is 14.7 Å². The van der Waals surface area contributed by atoms with Gasteiger partial charge in [0.05, 0.1) is 21.8 Å². The number of hydrogen-bond donors (Lipinski definition) is 3. The minimum Gasteiger partial charge on any atom is -0.396 e. The summed E-state index contributed by atoms with van der Waals surface area (Å²) >= 11 is 19.0. The summed E-state index contributed by atoms with van der Waals surface area (Å²) in [5, 5.41) is 11.0. The van der Waals surface area contributed by atoms with E-state index in [1.54, 1.807) is 29.2 Å². The van der Waals surface area contributed by atoms with Crippen LogP contribution in [0.25, 0.3) is 16.9 Å². The number of amides is 2. The number of likely N-dealkylation sites (tertiary alicyclic amines) is 1. The number of nitrogens with two attached hydrogens (primary N) is 2. The summed E-state index contributed by atoms with van der Waals surface area (Å²) < 4.78 is 2.01. The monoisotopic (exact) mass is 562 g/mol. The highest BCUT2D eigenvalue weighted by atomic mass is 35.5. The van der Waals surface area contributed by atoms with Crippen LogP contribution in [0.4, 0.5) is 0 Å². The van der Waals surface area contributed by atoms with Crippen LogP contribution in [0.1, 0.15) is 41.7 Å². The van der Waals surface area contributed by atoms with Gasteiger partial charge in [0.2, 0.25) is 5.91 Å². The fourth-order valence-corrected chi connectivity index (χ4v) is 5.32. The van der Waals surface area contributed by atoms with Gasteiger partial charge in [-0.2, -0.15) is 0 Å². The van der Waals surface area contributed by atoms with E-state index in [4.69, 9.17) is 46.3 Å². The Bertz CT molecular complexity index is 1300. The molecule has 0 unspecified atom stereocenters. The lowest BCUT2D eigenvalue weighted by atomic mass is 9.87. The number of piperidine rings is 1. The molecule has 3 aromatic rings. The highest BCUT2D eigenvalue weighted by molar-refractivity contribution is 6.36. The second kappa shape index (κ2) is 11.5. The molecule has 0 aliphatic carbocycles. The molecule has 2 aromatic carbocycles. The van der Waals surface area contributed by atoms with Crippen molar-refractivity contribution in [2.24, 2.45) is 11.5 Å². The van der Waals surface area contributed by atoms with Crippen LogP contribution in [-0.2, 0) is 11.2 Å². The molecule has 7 nitrogen and oxygen atoms in total. The van der Waals surface area contributed by atoms with Gasteiger partial charge in [0.15, 0.2) is 0 Å². The Morgan fingerprint density at radius 2 is 1.59 bits per heavy atom. The maximum absolute atomic E-state index is 13.9. The Labute approximate surface area is 230 Å². The molecule has 0 radical (unpaired) electrons. The van der Waals surface area contributed by atoms with Crippen LogP contribution in [0.5, 0.6) is 0 Å². The zero-order valence-electron chi connectivity index (χ0n) is 20.2. The molecule has 1 aliphatic heterocycles. The molecule has 4 rings (SSSR count). The van der Waals surface area contributed by atoms with Crippen molar-refractivity contribution in [3.8, 4) is 16.9 Å². The summed E-state index contributed by atoms with van der Waals surface area (Å²) in [4.78, 5) is 27.4. The van der Waals surface area contributed by atoms with E-state index in [1.807, 2.05) is 28.8 Å². The van der Waals surface area contributed by atoms with E-state index in [2.05, 4.69) is 0 Å². The van der Waals surface area contributed by atoms with Crippen molar-refractivity contribution in [1.82, 2.24) is 9.47 Å². The van der Waals surface area contributed by atoms with E-state index in [9.17, 15) is 14.7 Å². The first kappa shape index (κ1) is 27.5. The van der Waals surface area contributed by atoms with Gasteiger partial charge in [-0.25, -0.2) is 0 Å². The first-order valence-electron chi connectivity index (χ1n) is 12.1. The third-order valence-corrected chi connectivity index (χ3v) is 7.68. The maximum Gasteiger partial charge on any atom is 0.255 e. The Hall–Kier alpha value is -2.55. The SMILES string of the molecule is NC(=O)C1(N)CCN(C(=O)c2cc(-c3ccc(Cl)cc3Cl)n(-c3ccc(Cl)cc3)c2CCCCO)CC1. The van der Waals surface area contributed by atoms with E-state index >= 15 is 0 Å². The minimum absolute atomic E-state index is 0.0542. The second-order valence-electron chi connectivity index (χ2n) is 9.32. The van der Waals surface area contributed by atoms with Crippen LogP contribution in [0.2, 0.25) is 15.1 Å². The molecular weight excluding hydrogens is 535 g/mol. The number of nitrogens with zero attached hydrogens (tertiary/aromatic N) is 2. The Morgan fingerprint density at radius 3 is 2.19 bits per heavy atom. The van der Waals surface area contributed by atoms with Crippen LogP contribution in [0, 0.1) is 0 Å². The van der Waals surface area contributed by atoms with Gasteiger partial charge in [-0.15, -0.1) is 0 Å². The molecule has 0 spiro atoms. The van der Waals surface area contributed by atoms with E-state index in [0.717, 1.165) is 22.6 Å². The standard InChI is InChI=1S/C27H29Cl3N4O3/c28-17-4-7-19(8-5-17)34-23(3-1-2-14-35)21(16-24(34)20-9-6-18(29)15-22(20)30)25(36)33-12-10-27(32,11-13-33)26(31)37/h4-9,15-16,35H,1-3,10-14,32H2,(H2,31,37). The summed E-state index contributed by atoms with van der Waals surface area (Å²) in [6.45, 7) is 0.688. The van der Waals surface area contributed by atoms with Crippen molar-refractivity contribution in [3.63, 3.8) is 0 Å². The molecule has 2 amide bonds. The molecule has 5 N–H and O–H groups in total. The lowest BCUT2D eigenvalue weighted by molar-refractivity contribution is -0.124. The fourth-order valence-electron chi connectivity index (χ4n) is 4.69. The number of primary amides is 1. The molecule has 1 aromatic heterocycles. The summed E-state index contributed by atoms with van der Waals surface area (Å²) in [5.41, 5.74) is 14.1. The largest absolute Gasteiger partial charge is 0.396 e. The molecule has 0 bridgehead atoms. The van der Waals surface area contributed by atoms with Crippen molar-refractivity contribution in [2.75, 3.05) is 19.7 Å². The Morgan fingerprint density at radius 1 is 0.946 bits per heavy atom. The average Bonchev–Trinajstić information content (AvgIpc) is 3.23. The van der Waals surface area contributed by atoms with E-state index in [-0.39, 0.29) is 12.5 Å². The number of hydrogen-bond acceptors (Lipinski definition) is 4. The van der Waals surface area contributed by atoms with Crippen molar-refractivity contribution in [3.05, 3.63) is 74.9 Å². The predicted molar refractivity (Wildman–Crippen MR) is 148 cm³/mol. The quantitative estimate of drug-likeness (QED) is 0.340. The molecule has 37 heavy (non-hydrogen) atoms. The molecule has 1 saturated heterocycles. The van der Waals surface area contributed by atoms with E-state index in [0.29, 0.717) is 65.8 Å². The summed E-state index contributed by atoms with van der Waals surface area (Å²) in [5.74, 6) is -0.720. The number of carbonyl (C=O) groups excluding carboxylic acids is 2. The number of halogens is 3. The van der Waals surface area contributed by atoms with Gasteiger partial charge in [0.25, 0.3) is 5.91 Å². The molecule has 0 atom stereocenters. The molecule has 2 heterocycles. The van der Waals surface area contributed by atoms with Crippen LogP contribution < -0.4 is 11.5 Å². The molecular formula is C27H29Cl3N4O3. The van der Waals surface area contributed by atoms with Crippen LogP contribution in [0.3, 0.4) is 0 Å². The number of aliphatic hydroxyl groups excluding tert-OH is 1. The van der Waals surface area contributed by atoms with Gasteiger partial charge < -0.3 is 26.0 Å². The van der Waals surface area contributed by atoms with Gasteiger partial charge in [0, 0.05) is 46.7 Å².